The Labute approximate surface area is 130 Å². The number of hydrogen-bond acceptors (Lipinski definition) is 6. The summed E-state index contributed by atoms with van der Waals surface area (Å²) in [7, 11) is -4.23. The fourth-order valence-electron chi connectivity index (χ4n) is 1.73. The Morgan fingerprint density at radius 3 is 2.70 bits per heavy atom. The van der Waals surface area contributed by atoms with Gasteiger partial charge in [-0.1, -0.05) is 6.07 Å². The summed E-state index contributed by atoms with van der Waals surface area (Å²) < 4.78 is 31.3. The van der Waals surface area contributed by atoms with Crippen LogP contribution in [0.25, 0.3) is 0 Å². The van der Waals surface area contributed by atoms with Crippen molar-refractivity contribution in [2.24, 2.45) is 0 Å². The molecule has 0 aliphatic heterocycles. The van der Waals surface area contributed by atoms with Crippen molar-refractivity contribution in [1.29, 1.82) is 0 Å². The first kappa shape index (κ1) is 16.5. The number of carbonyl (C=O) groups excluding carboxylic acids is 1. The van der Waals surface area contributed by atoms with Crippen molar-refractivity contribution < 1.29 is 17.9 Å². The van der Waals surface area contributed by atoms with E-state index in [-0.39, 0.29) is 17.9 Å². The number of sulfonamides is 1. The molecule has 122 valence electrons. The molecule has 23 heavy (non-hydrogen) atoms. The van der Waals surface area contributed by atoms with Gasteiger partial charge in [-0.05, 0) is 25.1 Å². The van der Waals surface area contributed by atoms with Crippen molar-refractivity contribution in [3.63, 3.8) is 0 Å². The predicted octanol–water partition coefficient (Wildman–Crippen LogP) is 0.0407. The molecule has 0 saturated heterocycles. The van der Waals surface area contributed by atoms with Crippen molar-refractivity contribution in [1.82, 2.24) is 9.97 Å². The summed E-state index contributed by atoms with van der Waals surface area (Å²) >= 11 is 0. The molecule has 1 aromatic carbocycles. The van der Waals surface area contributed by atoms with Crippen molar-refractivity contribution in [3.05, 3.63) is 56.9 Å². The predicted molar refractivity (Wildman–Crippen MR) is 80.9 cm³/mol. The largest absolute Gasteiger partial charge is 0.462 e. The van der Waals surface area contributed by atoms with Crippen LogP contribution in [0.2, 0.25) is 0 Å². The number of benzene rings is 1. The van der Waals surface area contributed by atoms with Crippen LogP contribution in [-0.4, -0.2) is 31.0 Å². The van der Waals surface area contributed by atoms with Gasteiger partial charge in [0.2, 0.25) is 0 Å². The SMILES string of the molecule is CCOC(=O)c1cccc(NS(=O)(=O)c2c[nH]c(=O)[nH]c2=O)c1. The van der Waals surface area contributed by atoms with Gasteiger partial charge >= 0.3 is 11.7 Å². The molecule has 2 aromatic rings. The Kier molecular flexibility index (Phi) is 4.65. The molecule has 1 heterocycles. The number of rotatable bonds is 5. The van der Waals surface area contributed by atoms with Gasteiger partial charge < -0.3 is 9.72 Å². The molecule has 0 aliphatic rings. The summed E-state index contributed by atoms with van der Waals surface area (Å²) in [5.41, 5.74) is -1.65. The first-order valence-corrected chi connectivity index (χ1v) is 7.94. The molecule has 10 heteroatoms. The molecule has 0 bridgehead atoms. The van der Waals surface area contributed by atoms with Crippen LogP contribution >= 0.6 is 0 Å². The van der Waals surface area contributed by atoms with Gasteiger partial charge in [0.1, 0.15) is 0 Å². The maximum absolute atomic E-state index is 12.2. The average molecular weight is 339 g/mol. The lowest BCUT2D eigenvalue weighted by molar-refractivity contribution is 0.0526. The average Bonchev–Trinajstić information content (AvgIpc) is 2.46. The number of nitrogens with one attached hydrogen (secondary N) is 3. The Balaban J connectivity index is 2.34. The maximum atomic E-state index is 12.2. The van der Waals surface area contributed by atoms with Crippen LogP contribution in [0, 0.1) is 0 Å². The van der Waals surface area contributed by atoms with Crippen molar-refractivity contribution >= 4 is 21.7 Å². The molecule has 1 aromatic heterocycles. The third kappa shape index (κ3) is 3.86. The van der Waals surface area contributed by atoms with E-state index in [1.165, 1.54) is 24.3 Å². The second-order valence-corrected chi connectivity index (χ2v) is 5.99. The van der Waals surface area contributed by atoms with E-state index >= 15 is 0 Å². The molecule has 0 amide bonds. The zero-order chi connectivity index (χ0) is 17.0. The van der Waals surface area contributed by atoms with Gasteiger partial charge in [-0.2, -0.15) is 0 Å². The summed E-state index contributed by atoms with van der Waals surface area (Å²) in [6, 6.07) is 5.60. The van der Waals surface area contributed by atoms with Crippen LogP contribution in [0.3, 0.4) is 0 Å². The monoisotopic (exact) mass is 339 g/mol. The van der Waals surface area contributed by atoms with E-state index in [0.717, 1.165) is 6.20 Å². The molecule has 0 spiro atoms. The molecule has 0 fully saturated rings. The minimum Gasteiger partial charge on any atom is -0.462 e. The van der Waals surface area contributed by atoms with Crippen LogP contribution in [0.4, 0.5) is 5.69 Å². The first-order valence-electron chi connectivity index (χ1n) is 6.45. The highest BCUT2D eigenvalue weighted by molar-refractivity contribution is 7.92. The third-order valence-corrected chi connectivity index (χ3v) is 4.09. The Morgan fingerprint density at radius 1 is 1.30 bits per heavy atom. The maximum Gasteiger partial charge on any atom is 0.338 e. The number of esters is 1. The standard InChI is InChI=1S/C13H13N3O6S/c1-2-22-12(18)8-4-3-5-9(6-8)16-23(20,21)10-7-14-13(19)15-11(10)17/h3-7,16H,2H2,1H3,(H2,14,15,17,19). The van der Waals surface area contributed by atoms with Crippen LogP contribution in [-0.2, 0) is 14.8 Å². The van der Waals surface area contributed by atoms with Crippen molar-refractivity contribution in [2.75, 3.05) is 11.3 Å². The van der Waals surface area contributed by atoms with Crippen LogP contribution in [0.1, 0.15) is 17.3 Å². The third-order valence-electron chi connectivity index (χ3n) is 2.70. The lowest BCUT2D eigenvalue weighted by Crippen LogP contribution is -2.29. The van der Waals surface area contributed by atoms with Gasteiger partial charge in [0.15, 0.2) is 4.90 Å². The van der Waals surface area contributed by atoms with Crippen molar-refractivity contribution in [2.45, 2.75) is 11.8 Å². The van der Waals surface area contributed by atoms with Crippen LogP contribution < -0.4 is 16.0 Å². The van der Waals surface area contributed by atoms with Gasteiger partial charge in [-0.15, -0.1) is 0 Å². The second kappa shape index (κ2) is 6.48. The second-order valence-electron chi connectivity index (χ2n) is 4.34. The summed E-state index contributed by atoms with van der Waals surface area (Å²) in [4.78, 5) is 37.4. The topological polar surface area (TPSA) is 138 Å². The molecular formula is C13H13N3O6S. The van der Waals surface area contributed by atoms with Gasteiger partial charge in [-0.3, -0.25) is 14.5 Å². The highest BCUT2D eigenvalue weighted by atomic mass is 32.2. The summed E-state index contributed by atoms with van der Waals surface area (Å²) in [5, 5.41) is 0. The number of aromatic amines is 2. The molecular weight excluding hydrogens is 326 g/mol. The van der Waals surface area contributed by atoms with E-state index < -0.39 is 32.1 Å². The molecule has 0 saturated carbocycles. The highest BCUT2D eigenvalue weighted by Gasteiger charge is 2.19. The van der Waals surface area contributed by atoms with E-state index in [4.69, 9.17) is 4.74 Å². The van der Waals surface area contributed by atoms with Gasteiger partial charge in [0.25, 0.3) is 15.6 Å². The number of ether oxygens (including phenoxy) is 1. The molecule has 2 rings (SSSR count). The number of H-pyrrole nitrogens is 2. The van der Waals surface area contributed by atoms with Gasteiger partial charge in [-0.25, -0.2) is 18.0 Å². The summed E-state index contributed by atoms with van der Waals surface area (Å²) in [5.74, 6) is -0.601. The minimum absolute atomic E-state index is 0.0705. The summed E-state index contributed by atoms with van der Waals surface area (Å²) in [6.45, 7) is 1.83. The zero-order valence-electron chi connectivity index (χ0n) is 12.0. The Bertz CT molecular complexity index is 944. The number of hydrogen-bond donors (Lipinski definition) is 3. The lowest BCUT2D eigenvalue weighted by Gasteiger charge is -2.08. The van der Waals surface area contributed by atoms with E-state index in [1.807, 2.05) is 4.98 Å². The van der Waals surface area contributed by atoms with Gasteiger partial charge in [0, 0.05) is 11.9 Å². The van der Waals surface area contributed by atoms with E-state index in [9.17, 15) is 22.8 Å². The smallest absolute Gasteiger partial charge is 0.338 e. The molecule has 3 N–H and O–H groups in total. The quantitative estimate of drug-likeness (QED) is 0.658. The lowest BCUT2D eigenvalue weighted by atomic mass is 10.2. The number of aromatic nitrogens is 2. The van der Waals surface area contributed by atoms with Crippen LogP contribution in [0.15, 0.2) is 44.9 Å². The fraction of sp³-hybridized carbons (Fsp3) is 0.154. The molecule has 0 atom stereocenters. The highest BCUT2D eigenvalue weighted by Crippen LogP contribution is 2.15. The van der Waals surface area contributed by atoms with E-state index in [0.29, 0.717) is 0 Å². The number of anilines is 1. The van der Waals surface area contributed by atoms with Crippen LogP contribution in [0.5, 0.6) is 0 Å². The van der Waals surface area contributed by atoms with Crippen molar-refractivity contribution in [3.8, 4) is 0 Å². The molecule has 0 radical (unpaired) electrons. The molecule has 9 nitrogen and oxygen atoms in total. The van der Waals surface area contributed by atoms with Gasteiger partial charge in [0.05, 0.1) is 12.2 Å². The number of carbonyl (C=O) groups is 1. The Hall–Kier alpha value is -2.88. The van der Waals surface area contributed by atoms with E-state index in [2.05, 4.69) is 9.71 Å². The first-order chi connectivity index (χ1) is 10.8. The zero-order valence-corrected chi connectivity index (χ0v) is 12.8. The van der Waals surface area contributed by atoms with E-state index in [1.54, 1.807) is 6.92 Å². The minimum atomic E-state index is -4.23. The Morgan fingerprint density at radius 2 is 2.04 bits per heavy atom. The molecule has 0 unspecified atom stereocenters. The summed E-state index contributed by atoms with van der Waals surface area (Å²) in [6.07, 6.45) is 0.790. The normalized spacial score (nSPS) is 11.0. The molecule has 0 aliphatic carbocycles. The fourth-order valence-corrected chi connectivity index (χ4v) is 2.79.